The minimum absolute atomic E-state index is 0.0476. The molecule has 0 radical (unpaired) electrons. The number of hydrogen-bond acceptors (Lipinski definition) is 2. The highest BCUT2D eigenvalue weighted by atomic mass is 16.4. The van der Waals surface area contributed by atoms with E-state index >= 15 is 0 Å². The van der Waals surface area contributed by atoms with Crippen molar-refractivity contribution in [2.45, 2.75) is 52.5 Å². The molecule has 5 heteroatoms. The van der Waals surface area contributed by atoms with Gasteiger partial charge in [-0.3, -0.25) is 4.79 Å². The summed E-state index contributed by atoms with van der Waals surface area (Å²) in [4.78, 5) is 22.2. The Morgan fingerprint density at radius 2 is 1.95 bits per heavy atom. The van der Waals surface area contributed by atoms with Gasteiger partial charge in [0.2, 0.25) is 0 Å². The maximum atomic E-state index is 11.7. The smallest absolute Gasteiger partial charge is 0.315 e. The molecule has 1 fully saturated rings. The van der Waals surface area contributed by atoms with Crippen molar-refractivity contribution in [2.75, 3.05) is 6.54 Å². The summed E-state index contributed by atoms with van der Waals surface area (Å²) in [5, 5.41) is 14.4. The third kappa shape index (κ3) is 5.94. The Balaban J connectivity index is 2.22. The van der Waals surface area contributed by atoms with Crippen LogP contribution in [0.3, 0.4) is 0 Å². The standard InChI is InChI=1S/C14H26N2O3/c1-9(6-13(17)18)8-15-14(19)16-12-5-4-10(2)11(3)7-12/h9-12H,4-8H2,1-3H3,(H,17,18)(H2,15,16,19). The van der Waals surface area contributed by atoms with Crippen molar-refractivity contribution in [2.24, 2.45) is 17.8 Å². The average Bonchev–Trinajstić information content (AvgIpc) is 2.30. The second-order valence-corrected chi connectivity index (χ2v) is 6.02. The SMILES string of the molecule is CC(CNC(=O)NC1CCC(C)C(C)C1)CC(=O)O. The van der Waals surface area contributed by atoms with Crippen LogP contribution in [0.25, 0.3) is 0 Å². The summed E-state index contributed by atoms with van der Waals surface area (Å²) >= 11 is 0. The molecule has 110 valence electrons. The lowest BCUT2D eigenvalue weighted by Crippen LogP contribution is -2.46. The lowest BCUT2D eigenvalue weighted by atomic mass is 9.79. The Bertz CT molecular complexity index is 320. The van der Waals surface area contributed by atoms with Crippen molar-refractivity contribution >= 4 is 12.0 Å². The van der Waals surface area contributed by atoms with Crippen LogP contribution in [0.2, 0.25) is 0 Å². The molecule has 19 heavy (non-hydrogen) atoms. The van der Waals surface area contributed by atoms with Gasteiger partial charge < -0.3 is 15.7 Å². The molecule has 0 bridgehead atoms. The van der Waals surface area contributed by atoms with Crippen LogP contribution < -0.4 is 10.6 Å². The van der Waals surface area contributed by atoms with E-state index in [-0.39, 0.29) is 24.4 Å². The van der Waals surface area contributed by atoms with Crippen LogP contribution in [0.15, 0.2) is 0 Å². The average molecular weight is 270 g/mol. The summed E-state index contributed by atoms with van der Waals surface area (Å²) in [5.74, 6) is 0.500. The lowest BCUT2D eigenvalue weighted by Gasteiger charge is -2.32. The second-order valence-electron chi connectivity index (χ2n) is 6.02. The quantitative estimate of drug-likeness (QED) is 0.716. The van der Waals surface area contributed by atoms with Crippen LogP contribution in [0.1, 0.15) is 46.5 Å². The predicted molar refractivity (Wildman–Crippen MR) is 73.9 cm³/mol. The molecule has 5 nitrogen and oxygen atoms in total. The number of nitrogens with one attached hydrogen (secondary N) is 2. The molecule has 4 atom stereocenters. The Morgan fingerprint density at radius 1 is 1.26 bits per heavy atom. The van der Waals surface area contributed by atoms with E-state index < -0.39 is 5.97 Å². The van der Waals surface area contributed by atoms with Gasteiger partial charge in [-0.15, -0.1) is 0 Å². The maximum absolute atomic E-state index is 11.7. The van der Waals surface area contributed by atoms with E-state index in [2.05, 4.69) is 24.5 Å². The summed E-state index contributed by atoms with van der Waals surface area (Å²) in [7, 11) is 0. The molecule has 2 amide bonds. The first-order valence-corrected chi connectivity index (χ1v) is 7.14. The first-order chi connectivity index (χ1) is 8.88. The van der Waals surface area contributed by atoms with Gasteiger partial charge in [-0.2, -0.15) is 0 Å². The highest BCUT2D eigenvalue weighted by Gasteiger charge is 2.25. The van der Waals surface area contributed by atoms with Gasteiger partial charge >= 0.3 is 12.0 Å². The zero-order valence-corrected chi connectivity index (χ0v) is 12.1. The summed E-state index contributed by atoms with van der Waals surface area (Å²) in [5.41, 5.74) is 0. The van der Waals surface area contributed by atoms with E-state index in [0.717, 1.165) is 25.2 Å². The minimum Gasteiger partial charge on any atom is -0.481 e. The number of carbonyl (C=O) groups excluding carboxylic acids is 1. The molecular formula is C14H26N2O3. The third-order valence-electron chi connectivity index (χ3n) is 4.07. The van der Waals surface area contributed by atoms with E-state index in [1.165, 1.54) is 0 Å². The molecule has 4 unspecified atom stereocenters. The molecule has 1 aliphatic carbocycles. The van der Waals surface area contributed by atoms with E-state index in [1.807, 2.05) is 6.92 Å². The molecule has 1 aliphatic rings. The molecular weight excluding hydrogens is 244 g/mol. The molecule has 0 aromatic carbocycles. The Kier molecular flexibility index (Phi) is 6.12. The molecule has 0 aliphatic heterocycles. The van der Waals surface area contributed by atoms with Crippen molar-refractivity contribution in [3.05, 3.63) is 0 Å². The number of amides is 2. The van der Waals surface area contributed by atoms with Crippen LogP contribution >= 0.6 is 0 Å². The van der Waals surface area contributed by atoms with Gasteiger partial charge in [0, 0.05) is 19.0 Å². The van der Waals surface area contributed by atoms with Crippen molar-refractivity contribution in [3.8, 4) is 0 Å². The highest BCUT2D eigenvalue weighted by molar-refractivity contribution is 5.74. The largest absolute Gasteiger partial charge is 0.481 e. The van der Waals surface area contributed by atoms with Crippen LogP contribution in [0, 0.1) is 17.8 Å². The fourth-order valence-electron chi connectivity index (χ4n) is 2.55. The first-order valence-electron chi connectivity index (χ1n) is 7.14. The molecule has 1 saturated carbocycles. The number of carboxylic acid groups (broad SMARTS) is 1. The summed E-state index contributed by atoms with van der Waals surface area (Å²) in [6, 6.07) is 0.0740. The Morgan fingerprint density at radius 3 is 2.53 bits per heavy atom. The lowest BCUT2D eigenvalue weighted by molar-refractivity contribution is -0.137. The number of hydrogen-bond donors (Lipinski definition) is 3. The Hall–Kier alpha value is -1.26. The Labute approximate surface area is 115 Å². The number of carbonyl (C=O) groups is 2. The molecule has 1 rings (SSSR count). The number of rotatable bonds is 5. The molecule has 0 heterocycles. The second kappa shape index (κ2) is 7.36. The topological polar surface area (TPSA) is 78.4 Å². The fraction of sp³-hybridized carbons (Fsp3) is 0.857. The van der Waals surface area contributed by atoms with Gasteiger partial charge in [0.15, 0.2) is 0 Å². The van der Waals surface area contributed by atoms with Crippen molar-refractivity contribution < 1.29 is 14.7 Å². The van der Waals surface area contributed by atoms with Crippen LogP contribution in [0.4, 0.5) is 4.79 Å². The van der Waals surface area contributed by atoms with Gasteiger partial charge in [-0.25, -0.2) is 4.79 Å². The zero-order chi connectivity index (χ0) is 14.4. The molecule has 0 spiro atoms. The van der Waals surface area contributed by atoms with E-state index in [9.17, 15) is 9.59 Å². The van der Waals surface area contributed by atoms with Gasteiger partial charge in [0.05, 0.1) is 0 Å². The van der Waals surface area contributed by atoms with Gasteiger partial charge in [-0.1, -0.05) is 20.8 Å². The molecule has 3 N–H and O–H groups in total. The first kappa shape index (κ1) is 15.8. The van der Waals surface area contributed by atoms with Crippen molar-refractivity contribution in [1.82, 2.24) is 10.6 Å². The number of carboxylic acids is 1. The summed E-state index contributed by atoms with van der Waals surface area (Å²) in [6.07, 6.45) is 3.29. The number of aliphatic carboxylic acids is 1. The van der Waals surface area contributed by atoms with E-state index in [4.69, 9.17) is 5.11 Å². The number of urea groups is 1. The normalized spacial score (nSPS) is 28.5. The van der Waals surface area contributed by atoms with Gasteiger partial charge in [0.1, 0.15) is 0 Å². The molecule has 0 saturated heterocycles. The van der Waals surface area contributed by atoms with Gasteiger partial charge in [-0.05, 0) is 37.0 Å². The maximum Gasteiger partial charge on any atom is 0.315 e. The van der Waals surface area contributed by atoms with E-state index in [0.29, 0.717) is 12.5 Å². The predicted octanol–water partition coefficient (Wildman–Crippen LogP) is 2.22. The van der Waals surface area contributed by atoms with Crippen molar-refractivity contribution in [3.63, 3.8) is 0 Å². The van der Waals surface area contributed by atoms with Gasteiger partial charge in [0.25, 0.3) is 0 Å². The fourth-order valence-corrected chi connectivity index (χ4v) is 2.55. The minimum atomic E-state index is -0.829. The van der Waals surface area contributed by atoms with Crippen LogP contribution in [0.5, 0.6) is 0 Å². The van der Waals surface area contributed by atoms with Crippen LogP contribution in [-0.2, 0) is 4.79 Å². The van der Waals surface area contributed by atoms with Crippen molar-refractivity contribution in [1.29, 1.82) is 0 Å². The highest BCUT2D eigenvalue weighted by Crippen LogP contribution is 2.29. The summed E-state index contributed by atoms with van der Waals surface area (Å²) < 4.78 is 0. The summed E-state index contributed by atoms with van der Waals surface area (Å²) in [6.45, 7) is 6.70. The van der Waals surface area contributed by atoms with E-state index in [1.54, 1.807) is 0 Å². The molecule has 0 aromatic rings. The monoisotopic (exact) mass is 270 g/mol. The zero-order valence-electron chi connectivity index (χ0n) is 12.1. The third-order valence-corrected chi connectivity index (χ3v) is 4.07. The van der Waals surface area contributed by atoms with Crippen LogP contribution in [-0.4, -0.2) is 29.7 Å². The molecule has 0 aromatic heterocycles.